The monoisotopic (exact) mass is 371 g/mol. The lowest BCUT2D eigenvalue weighted by atomic mass is 10.2. The van der Waals surface area contributed by atoms with Crippen molar-refractivity contribution in [1.29, 1.82) is 0 Å². The first-order valence-corrected chi connectivity index (χ1v) is 8.84. The number of rotatable bonds is 7. The molecular weight excluding hydrogens is 346 g/mol. The molecule has 0 aliphatic heterocycles. The van der Waals surface area contributed by atoms with E-state index >= 15 is 0 Å². The van der Waals surface area contributed by atoms with E-state index in [0.29, 0.717) is 24.1 Å². The van der Waals surface area contributed by atoms with E-state index in [-0.39, 0.29) is 11.2 Å². The van der Waals surface area contributed by atoms with Crippen LogP contribution < -0.4 is 16.0 Å². The summed E-state index contributed by atoms with van der Waals surface area (Å²) >= 11 is 0. The van der Waals surface area contributed by atoms with Gasteiger partial charge in [0.05, 0.1) is 13.4 Å². The van der Waals surface area contributed by atoms with Crippen LogP contribution in [0.2, 0.25) is 0 Å². The summed E-state index contributed by atoms with van der Waals surface area (Å²) in [6.45, 7) is 1.93. The molecule has 8 heteroatoms. The summed E-state index contributed by atoms with van der Waals surface area (Å²) in [5, 5.41) is 0. The van der Waals surface area contributed by atoms with Crippen molar-refractivity contribution in [2.45, 2.75) is 19.5 Å². The number of hydrogen-bond acceptors (Lipinski definition) is 5. The van der Waals surface area contributed by atoms with Gasteiger partial charge in [-0.1, -0.05) is 12.1 Å². The summed E-state index contributed by atoms with van der Waals surface area (Å²) < 4.78 is 9.55. The van der Waals surface area contributed by atoms with Crippen LogP contribution in [0.4, 0.5) is 0 Å². The number of imidazole rings is 1. The molecule has 0 saturated carbocycles. The Labute approximate surface area is 157 Å². The molecule has 27 heavy (non-hydrogen) atoms. The second-order valence-electron chi connectivity index (χ2n) is 6.77. The third-order valence-corrected chi connectivity index (χ3v) is 4.73. The molecular formula is C19H25N5O3. The number of aromatic nitrogens is 4. The van der Waals surface area contributed by atoms with E-state index in [4.69, 9.17) is 4.74 Å². The third kappa shape index (κ3) is 3.80. The SMILES string of the molecule is COc1ccc(CN(C)CCCn2c(=O)c3c(ncn3C)n(C)c2=O)cc1. The van der Waals surface area contributed by atoms with Gasteiger partial charge >= 0.3 is 5.69 Å². The Balaban J connectivity index is 1.67. The molecule has 2 aromatic heterocycles. The van der Waals surface area contributed by atoms with Crippen LogP contribution in [0.3, 0.4) is 0 Å². The molecule has 3 aromatic rings. The van der Waals surface area contributed by atoms with Crippen molar-refractivity contribution in [2.24, 2.45) is 14.1 Å². The zero-order chi connectivity index (χ0) is 19.6. The molecule has 1 aromatic carbocycles. The lowest BCUT2D eigenvalue weighted by Crippen LogP contribution is -2.40. The molecule has 0 fully saturated rings. The maximum Gasteiger partial charge on any atom is 0.332 e. The molecule has 0 bridgehead atoms. The van der Waals surface area contributed by atoms with E-state index in [1.54, 1.807) is 32.1 Å². The highest BCUT2D eigenvalue weighted by molar-refractivity contribution is 5.69. The molecule has 0 radical (unpaired) electrons. The third-order valence-electron chi connectivity index (χ3n) is 4.73. The molecule has 144 valence electrons. The molecule has 0 amide bonds. The van der Waals surface area contributed by atoms with Gasteiger partial charge in [0.2, 0.25) is 0 Å². The lowest BCUT2D eigenvalue weighted by Gasteiger charge is -2.17. The average molecular weight is 371 g/mol. The number of benzene rings is 1. The zero-order valence-electron chi connectivity index (χ0n) is 16.2. The van der Waals surface area contributed by atoms with Crippen molar-refractivity contribution in [3.8, 4) is 5.75 Å². The number of methoxy groups -OCH3 is 1. The Morgan fingerprint density at radius 2 is 1.85 bits per heavy atom. The predicted octanol–water partition coefficient (Wildman–Crippen LogP) is 0.964. The van der Waals surface area contributed by atoms with Crippen LogP contribution in [0.15, 0.2) is 40.2 Å². The quantitative estimate of drug-likeness (QED) is 0.619. The summed E-state index contributed by atoms with van der Waals surface area (Å²) in [6, 6.07) is 7.95. The van der Waals surface area contributed by atoms with Gasteiger partial charge in [-0.15, -0.1) is 0 Å². The van der Waals surface area contributed by atoms with E-state index in [2.05, 4.69) is 9.88 Å². The molecule has 0 aliphatic rings. The molecule has 0 N–H and O–H groups in total. The predicted molar refractivity (Wildman–Crippen MR) is 104 cm³/mol. The maximum absolute atomic E-state index is 12.7. The van der Waals surface area contributed by atoms with Crippen molar-refractivity contribution < 1.29 is 4.74 Å². The van der Waals surface area contributed by atoms with E-state index < -0.39 is 0 Å². The minimum atomic E-state index is -0.330. The van der Waals surface area contributed by atoms with Crippen LogP contribution in [0.1, 0.15) is 12.0 Å². The number of ether oxygens (including phenoxy) is 1. The largest absolute Gasteiger partial charge is 0.497 e. The first kappa shape index (κ1) is 18.9. The molecule has 0 saturated heterocycles. The smallest absolute Gasteiger partial charge is 0.332 e. The highest BCUT2D eigenvalue weighted by Gasteiger charge is 2.14. The Morgan fingerprint density at radius 1 is 1.15 bits per heavy atom. The summed E-state index contributed by atoms with van der Waals surface area (Å²) in [7, 11) is 7.07. The number of fused-ring (bicyclic) bond motifs is 1. The van der Waals surface area contributed by atoms with Crippen LogP contribution in [-0.4, -0.2) is 44.3 Å². The Kier molecular flexibility index (Phi) is 5.46. The molecule has 0 aliphatic carbocycles. The fourth-order valence-electron chi connectivity index (χ4n) is 3.21. The fraction of sp³-hybridized carbons (Fsp3) is 0.421. The number of hydrogen-bond donors (Lipinski definition) is 0. The van der Waals surface area contributed by atoms with Gasteiger partial charge < -0.3 is 14.2 Å². The summed E-state index contributed by atoms with van der Waals surface area (Å²) in [6.07, 6.45) is 2.25. The normalized spacial score (nSPS) is 11.4. The maximum atomic E-state index is 12.7. The van der Waals surface area contributed by atoms with Crippen LogP contribution in [0, 0.1) is 0 Å². The highest BCUT2D eigenvalue weighted by Crippen LogP contribution is 2.12. The van der Waals surface area contributed by atoms with Gasteiger partial charge in [0.25, 0.3) is 5.56 Å². The molecule has 3 rings (SSSR count). The first-order chi connectivity index (χ1) is 12.9. The van der Waals surface area contributed by atoms with Gasteiger partial charge in [0.1, 0.15) is 5.75 Å². The molecule has 2 heterocycles. The molecule has 0 atom stereocenters. The summed E-state index contributed by atoms with van der Waals surface area (Å²) in [5.41, 5.74) is 1.43. The zero-order valence-corrected chi connectivity index (χ0v) is 16.2. The summed E-state index contributed by atoms with van der Waals surface area (Å²) in [5.74, 6) is 0.835. The van der Waals surface area contributed by atoms with Crippen LogP contribution >= 0.6 is 0 Å². The van der Waals surface area contributed by atoms with E-state index in [0.717, 1.165) is 18.8 Å². The molecule has 0 unspecified atom stereocenters. The Bertz CT molecular complexity index is 1050. The highest BCUT2D eigenvalue weighted by atomic mass is 16.5. The van der Waals surface area contributed by atoms with Gasteiger partial charge in [0, 0.05) is 27.2 Å². The van der Waals surface area contributed by atoms with Crippen molar-refractivity contribution in [3.63, 3.8) is 0 Å². The van der Waals surface area contributed by atoms with E-state index in [1.807, 2.05) is 31.3 Å². The second-order valence-corrected chi connectivity index (χ2v) is 6.77. The van der Waals surface area contributed by atoms with Gasteiger partial charge in [-0.05, 0) is 37.7 Å². The molecule has 0 spiro atoms. The minimum Gasteiger partial charge on any atom is -0.497 e. The number of aryl methyl sites for hydroxylation is 2. The van der Waals surface area contributed by atoms with Gasteiger partial charge in [0.15, 0.2) is 11.2 Å². The second kappa shape index (κ2) is 7.79. The van der Waals surface area contributed by atoms with Crippen molar-refractivity contribution in [1.82, 2.24) is 23.6 Å². The van der Waals surface area contributed by atoms with Crippen LogP contribution in [-0.2, 0) is 27.2 Å². The van der Waals surface area contributed by atoms with Crippen molar-refractivity contribution >= 4 is 11.2 Å². The Morgan fingerprint density at radius 3 is 2.52 bits per heavy atom. The van der Waals surface area contributed by atoms with Gasteiger partial charge in [-0.3, -0.25) is 13.9 Å². The minimum absolute atomic E-state index is 0.286. The summed E-state index contributed by atoms with van der Waals surface area (Å²) in [4.78, 5) is 31.5. The topological polar surface area (TPSA) is 74.3 Å². The first-order valence-electron chi connectivity index (χ1n) is 8.84. The standard InChI is InChI=1S/C19H25N5O3/c1-21(12-14-6-8-15(27-4)9-7-14)10-5-11-24-18(25)16-17(20-13-22(16)2)23(3)19(24)26/h6-9,13H,5,10-12H2,1-4H3. The van der Waals surface area contributed by atoms with Crippen molar-refractivity contribution in [3.05, 3.63) is 57.0 Å². The van der Waals surface area contributed by atoms with Gasteiger partial charge in [-0.25, -0.2) is 9.78 Å². The van der Waals surface area contributed by atoms with Gasteiger partial charge in [-0.2, -0.15) is 0 Å². The van der Waals surface area contributed by atoms with E-state index in [9.17, 15) is 9.59 Å². The van der Waals surface area contributed by atoms with Crippen LogP contribution in [0.5, 0.6) is 5.75 Å². The fourth-order valence-corrected chi connectivity index (χ4v) is 3.21. The number of nitrogens with zero attached hydrogens (tertiary/aromatic N) is 5. The van der Waals surface area contributed by atoms with Crippen LogP contribution in [0.25, 0.3) is 11.2 Å². The molecule has 8 nitrogen and oxygen atoms in total. The lowest BCUT2D eigenvalue weighted by molar-refractivity contribution is 0.312. The van der Waals surface area contributed by atoms with Crippen molar-refractivity contribution in [2.75, 3.05) is 20.7 Å². The Hall–Kier alpha value is -2.87. The average Bonchev–Trinajstić information content (AvgIpc) is 3.05. The van der Waals surface area contributed by atoms with E-state index in [1.165, 1.54) is 14.7 Å².